The number of amides is 2. The first-order valence-corrected chi connectivity index (χ1v) is 8.90. The van der Waals surface area contributed by atoms with Gasteiger partial charge in [0.15, 0.2) is 11.5 Å². The Morgan fingerprint density at radius 1 is 0.963 bits per heavy atom. The van der Waals surface area contributed by atoms with Crippen molar-refractivity contribution in [2.45, 2.75) is 18.3 Å². The number of carbonyl (C=O) groups excluding carboxylic acids is 2. The average molecular weight is 368 g/mol. The number of hydrogen-bond acceptors (Lipinski definition) is 4. The zero-order valence-corrected chi connectivity index (χ0v) is 15.6. The second-order valence-electron chi connectivity index (χ2n) is 6.68. The molecule has 0 bridgehead atoms. The molecule has 1 saturated carbocycles. The van der Waals surface area contributed by atoms with Crippen LogP contribution in [0.25, 0.3) is 0 Å². The fourth-order valence-electron chi connectivity index (χ4n) is 3.08. The summed E-state index contributed by atoms with van der Waals surface area (Å²) < 4.78 is 10.3. The minimum absolute atomic E-state index is 0.0459. The lowest BCUT2D eigenvalue weighted by molar-refractivity contribution is -0.120. The Morgan fingerprint density at radius 2 is 1.67 bits per heavy atom. The molecule has 1 fully saturated rings. The zero-order chi connectivity index (χ0) is 19.3. The minimum Gasteiger partial charge on any atom is -0.493 e. The average Bonchev–Trinajstić information content (AvgIpc) is 3.51. The molecule has 2 aromatic carbocycles. The summed E-state index contributed by atoms with van der Waals surface area (Å²) in [5.41, 5.74) is 1.70. The van der Waals surface area contributed by atoms with Crippen LogP contribution in [0, 0.1) is 0 Å². The Hall–Kier alpha value is -3.02. The summed E-state index contributed by atoms with van der Waals surface area (Å²) in [5, 5.41) is 5.57. The van der Waals surface area contributed by atoms with E-state index in [0.717, 1.165) is 12.8 Å². The first-order valence-electron chi connectivity index (χ1n) is 8.90. The Morgan fingerprint density at radius 3 is 2.30 bits per heavy atom. The molecule has 6 nitrogen and oxygen atoms in total. The van der Waals surface area contributed by atoms with Crippen LogP contribution in [-0.4, -0.2) is 39.1 Å². The van der Waals surface area contributed by atoms with Gasteiger partial charge in [-0.05, 0) is 36.6 Å². The maximum absolute atomic E-state index is 12.3. The Balaban J connectivity index is 1.50. The predicted molar refractivity (Wildman–Crippen MR) is 102 cm³/mol. The van der Waals surface area contributed by atoms with Crippen molar-refractivity contribution in [2.24, 2.45) is 0 Å². The maximum Gasteiger partial charge on any atom is 0.251 e. The van der Waals surface area contributed by atoms with Gasteiger partial charge in [0, 0.05) is 17.5 Å². The molecule has 1 aliphatic carbocycles. The molecule has 0 aromatic heterocycles. The van der Waals surface area contributed by atoms with Crippen molar-refractivity contribution in [3.8, 4) is 11.5 Å². The van der Waals surface area contributed by atoms with Crippen molar-refractivity contribution in [2.75, 3.05) is 27.3 Å². The normalized spacial score (nSPS) is 14.1. The first kappa shape index (κ1) is 18.8. The molecule has 0 heterocycles. The van der Waals surface area contributed by atoms with E-state index in [2.05, 4.69) is 22.8 Å². The number of ether oxygens (including phenoxy) is 2. The highest BCUT2D eigenvalue weighted by Crippen LogP contribution is 2.47. The molecule has 0 spiro atoms. The van der Waals surface area contributed by atoms with E-state index in [9.17, 15) is 9.59 Å². The number of benzene rings is 2. The molecule has 0 unspecified atom stereocenters. The molecule has 142 valence electrons. The predicted octanol–water partition coefficient (Wildman–Crippen LogP) is 2.28. The topological polar surface area (TPSA) is 76.7 Å². The van der Waals surface area contributed by atoms with Crippen LogP contribution in [0.3, 0.4) is 0 Å². The molecule has 1 aliphatic rings. The number of carbonyl (C=O) groups is 2. The molecule has 6 heteroatoms. The van der Waals surface area contributed by atoms with Crippen LogP contribution in [0.4, 0.5) is 0 Å². The van der Waals surface area contributed by atoms with Gasteiger partial charge in [0.25, 0.3) is 5.91 Å². The van der Waals surface area contributed by atoms with Crippen molar-refractivity contribution >= 4 is 11.8 Å². The van der Waals surface area contributed by atoms with Crippen molar-refractivity contribution in [3.05, 3.63) is 59.7 Å². The van der Waals surface area contributed by atoms with Crippen LogP contribution in [-0.2, 0) is 10.2 Å². The Bertz CT molecular complexity index is 816. The lowest BCUT2D eigenvalue weighted by Crippen LogP contribution is -2.40. The van der Waals surface area contributed by atoms with Gasteiger partial charge in [0.2, 0.25) is 5.91 Å². The molecule has 2 amide bonds. The molecular weight excluding hydrogens is 344 g/mol. The van der Waals surface area contributed by atoms with Crippen LogP contribution in [0.15, 0.2) is 48.5 Å². The van der Waals surface area contributed by atoms with E-state index < -0.39 is 0 Å². The molecule has 0 atom stereocenters. The maximum atomic E-state index is 12.3. The number of hydrogen-bond donors (Lipinski definition) is 2. The largest absolute Gasteiger partial charge is 0.493 e. The zero-order valence-electron chi connectivity index (χ0n) is 15.6. The first-order chi connectivity index (χ1) is 13.1. The number of rotatable bonds is 8. The van der Waals surface area contributed by atoms with Gasteiger partial charge in [-0.2, -0.15) is 0 Å². The third-order valence-corrected chi connectivity index (χ3v) is 4.92. The van der Waals surface area contributed by atoms with Gasteiger partial charge in [-0.1, -0.05) is 30.3 Å². The van der Waals surface area contributed by atoms with Crippen LogP contribution >= 0.6 is 0 Å². The second-order valence-corrected chi connectivity index (χ2v) is 6.68. The lowest BCUT2D eigenvalue weighted by Gasteiger charge is -2.16. The molecule has 27 heavy (non-hydrogen) atoms. The Labute approximate surface area is 158 Å². The van der Waals surface area contributed by atoms with E-state index in [-0.39, 0.29) is 23.8 Å². The van der Waals surface area contributed by atoms with Gasteiger partial charge in [-0.25, -0.2) is 0 Å². The van der Waals surface area contributed by atoms with Crippen LogP contribution in [0.5, 0.6) is 11.5 Å². The van der Waals surface area contributed by atoms with Gasteiger partial charge < -0.3 is 20.1 Å². The van der Waals surface area contributed by atoms with Crippen molar-refractivity contribution in [1.29, 1.82) is 0 Å². The molecule has 0 radical (unpaired) electrons. The molecule has 0 saturated heterocycles. The quantitative estimate of drug-likeness (QED) is 0.750. The number of nitrogens with one attached hydrogen (secondary N) is 2. The molecule has 3 rings (SSSR count). The van der Waals surface area contributed by atoms with Crippen molar-refractivity contribution in [1.82, 2.24) is 10.6 Å². The number of methoxy groups -OCH3 is 2. The summed E-state index contributed by atoms with van der Waals surface area (Å²) in [6, 6.07) is 15.1. The highest BCUT2D eigenvalue weighted by Gasteiger charge is 2.44. The highest BCUT2D eigenvalue weighted by atomic mass is 16.5. The van der Waals surface area contributed by atoms with E-state index in [1.165, 1.54) is 19.8 Å². The fraction of sp³-hybridized carbons (Fsp3) is 0.333. The smallest absolute Gasteiger partial charge is 0.251 e. The molecular formula is C21H24N2O4. The standard InChI is InChI=1S/C21H24N2O4/c1-26-17-9-8-15(12-18(17)27-2)20(25)22-13-19(24)23-14-21(10-11-21)16-6-4-3-5-7-16/h3-9,12H,10-11,13-14H2,1-2H3,(H,22,25)(H,23,24). The highest BCUT2D eigenvalue weighted by molar-refractivity contribution is 5.97. The van der Waals surface area contributed by atoms with E-state index in [4.69, 9.17) is 9.47 Å². The summed E-state index contributed by atoms with van der Waals surface area (Å²) >= 11 is 0. The molecule has 2 N–H and O–H groups in total. The second kappa shape index (κ2) is 8.12. The Kier molecular flexibility index (Phi) is 5.64. The van der Waals surface area contributed by atoms with Crippen LogP contribution in [0.1, 0.15) is 28.8 Å². The van der Waals surface area contributed by atoms with E-state index in [0.29, 0.717) is 23.6 Å². The SMILES string of the molecule is COc1ccc(C(=O)NCC(=O)NCC2(c3ccccc3)CC2)cc1OC. The van der Waals surface area contributed by atoms with Gasteiger partial charge >= 0.3 is 0 Å². The summed E-state index contributed by atoms with van der Waals surface area (Å²) in [4.78, 5) is 24.4. The summed E-state index contributed by atoms with van der Waals surface area (Å²) in [6.45, 7) is 0.514. The van der Waals surface area contributed by atoms with Gasteiger partial charge in [-0.15, -0.1) is 0 Å². The van der Waals surface area contributed by atoms with Crippen molar-refractivity contribution in [3.63, 3.8) is 0 Å². The van der Waals surface area contributed by atoms with Gasteiger partial charge in [-0.3, -0.25) is 9.59 Å². The summed E-state index contributed by atoms with van der Waals surface area (Å²) in [7, 11) is 3.04. The molecule has 0 aliphatic heterocycles. The van der Waals surface area contributed by atoms with E-state index >= 15 is 0 Å². The fourth-order valence-corrected chi connectivity index (χ4v) is 3.08. The van der Waals surface area contributed by atoms with Gasteiger partial charge in [0.05, 0.1) is 20.8 Å². The van der Waals surface area contributed by atoms with E-state index in [1.807, 2.05) is 18.2 Å². The summed E-state index contributed by atoms with van der Waals surface area (Å²) in [5.74, 6) is 0.469. The third-order valence-electron chi connectivity index (χ3n) is 4.92. The van der Waals surface area contributed by atoms with Gasteiger partial charge in [0.1, 0.15) is 0 Å². The molecule has 2 aromatic rings. The van der Waals surface area contributed by atoms with Crippen molar-refractivity contribution < 1.29 is 19.1 Å². The van der Waals surface area contributed by atoms with Crippen LogP contribution in [0.2, 0.25) is 0 Å². The summed E-state index contributed by atoms with van der Waals surface area (Å²) in [6.07, 6.45) is 2.13. The lowest BCUT2D eigenvalue weighted by atomic mass is 9.96. The van der Waals surface area contributed by atoms with E-state index in [1.54, 1.807) is 18.2 Å². The monoisotopic (exact) mass is 368 g/mol. The minimum atomic E-state index is -0.338. The third kappa shape index (κ3) is 4.39. The van der Waals surface area contributed by atoms with Crippen LogP contribution < -0.4 is 20.1 Å².